The monoisotopic (exact) mass is 263 g/mol. The minimum Gasteiger partial charge on any atom is -0.356 e. The summed E-state index contributed by atoms with van der Waals surface area (Å²) in [6, 6.07) is 9.85. The van der Waals surface area contributed by atoms with E-state index in [4.69, 9.17) is 12.2 Å². The molecule has 1 heterocycles. The van der Waals surface area contributed by atoms with Crippen LogP contribution in [0.25, 0.3) is 0 Å². The Hall–Kier alpha value is -1.46. The van der Waals surface area contributed by atoms with Gasteiger partial charge in [0, 0.05) is 16.8 Å². The van der Waals surface area contributed by atoms with Crippen molar-refractivity contribution in [2.75, 3.05) is 5.32 Å². The van der Waals surface area contributed by atoms with Crippen molar-refractivity contribution in [1.29, 1.82) is 0 Å². The predicted octanol–water partition coefficient (Wildman–Crippen LogP) is 2.94. The van der Waals surface area contributed by atoms with Gasteiger partial charge in [0.05, 0.1) is 6.54 Å². The van der Waals surface area contributed by atoms with Crippen LogP contribution in [0.5, 0.6) is 0 Å². The number of benzene rings is 1. The summed E-state index contributed by atoms with van der Waals surface area (Å²) < 4.78 is 0. The van der Waals surface area contributed by atoms with Crippen LogP contribution in [0.3, 0.4) is 0 Å². The van der Waals surface area contributed by atoms with E-state index in [0.717, 1.165) is 16.4 Å². The first-order chi connectivity index (χ1) is 8.24. The van der Waals surface area contributed by atoms with E-state index in [1.54, 1.807) is 11.3 Å². The molecule has 0 unspecified atom stereocenters. The molecule has 0 aliphatic carbocycles. The van der Waals surface area contributed by atoms with Crippen LogP contribution < -0.4 is 10.6 Å². The average molecular weight is 263 g/mol. The summed E-state index contributed by atoms with van der Waals surface area (Å²) in [7, 11) is 0. The van der Waals surface area contributed by atoms with Gasteiger partial charge >= 0.3 is 0 Å². The third kappa shape index (κ3) is 3.80. The van der Waals surface area contributed by atoms with Crippen molar-refractivity contribution in [3.63, 3.8) is 0 Å². The number of thiocarbonyl (C=S) groups is 1. The molecule has 0 saturated heterocycles. The molecule has 0 amide bonds. The van der Waals surface area contributed by atoms with Crippen molar-refractivity contribution in [2.45, 2.75) is 13.5 Å². The maximum atomic E-state index is 5.20. The van der Waals surface area contributed by atoms with E-state index in [0.29, 0.717) is 11.7 Å². The first-order valence-corrected chi connectivity index (χ1v) is 6.54. The van der Waals surface area contributed by atoms with Crippen LogP contribution in [0.4, 0.5) is 5.69 Å². The minimum atomic E-state index is 0.615. The number of thiazole rings is 1. The van der Waals surface area contributed by atoms with Crippen molar-refractivity contribution in [3.8, 4) is 0 Å². The highest BCUT2D eigenvalue weighted by Crippen LogP contribution is 2.08. The molecule has 0 aliphatic rings. The first kappa shape index (κ1) is 12.0. The Morgan fingerprint density at radius 1 is 1.35 bits per heavy atom. The number of hydrogen-bond donors (Lipinski definition) is 2. The number of rotatable bonds is 3. The van der Waals surface area contributed by atoms with E-state index in [1.807, 2.05) is 42.6 Å². The highest BCUT2D eigenvalue weighted by Gasteiger charge is 2.00. The lowest BCUT2D eigenvalue weighted by Crippen LogP contribution is -2.27. The maximum Gasteiger partial charge on any atom is 0.171 e. The van der Waals surface area contributed by atoms with Crippen LogP contribution in [0.2, 0.25) is 0 Å². The normalized spacial score (nSPS) is 9.94. The Balaban J connectivity index is 1.82. The lowest BCUT2D eigenvalue weighted by molar-refractivity contribution is 0.905. The van der Waals surface area contributed by atoms with E-state index >= 15 is 0 Å². The number of anilines is 1. The lowest BCUT2D eigenvalue weighted by atomic mass is 10.3. The Morgan fingerprint density at radius 3 is 2.76 bits per heavy atom. The molecule has 1 aromatic heterocycles. The van der Waals surface area contributed by atoms with Crippen molar-refractivity contribution in [2.24, 2.45) is 0 Å². The molecule has 2 aromatic rings. The van der Waals surface area contributed by atoms with E-state index in [-0.39, 0.29) is 0 Å². The third-order valence-electron chi connectivity index (χ3n) is 2.10. The molecule has 0 saturated carbocycles. The fraction of sp³-hybridized carbons (Fsp3) is 0.167. The smallest absolute Gasteiger partial charge is 0.171 e. The highest BCUT2D eigenvalue weighted by molar-refractivity contribution is 7.80. The maximum absolute atomic E-state index is 5.20. The SMILES string of the molecule is Cc1csc(CNC(=S)Nc2ccccc2)n1. The number of nitrogens with zero attached hydrogens (tertiary/aromatic N) is 1. The van der Waals surface area contributed by atoms with Gasteiger partial charge in [0.1, 0.15) is 5.01 Å². The number of nitrogens with one attached hydrogen (secondary N) is 2. The van der Waals surface area contributed by atoms with Gasteiger partial charge < -0.3 is 10.6 Å². The molecule has 88 valence electrons. The Labute approximate surface area is 110 Å². The van der Waals surface area contributed by atoms with Gasteiger partial charge in [-0.3, -0.25) is 0 Å². The summed E-state index contributed by atoms with van der Waals surface area (Å²) in [4.78, 5) is 4.36. The second kappa shape index (κ2) is 5.75. The second-order valence-electron chi connectivity index (χ2n) is 3.56. The van der Waals surface area contributed by atoms with E-state index < -0.39 is 0 Å². The van der Waals surface area contributed by atoms with Crippen LogP contribution >= 0.6 is 23.6 Å². The molecule has 3 nitrogen and oxygen atoms in total. The molecule has 0 spiro atoms. The summed E-state index contributed by atoms with van der Waals surface area (Å²) in [5, 5.41) is 9.93. The van der Waals surface area contributed by atoms with Crippen LogP contribution in [-0.2, 0) is 6.54 Å². The third-order valence-corrected chi connectivity index (χ3v) is 3.31. The zero-order valence-corrected chi connectivity index (χ0v) is 11.1. The molecule has 0 bridgehead atoms. The quantitative estimate of drug-likeness (QED) is 0.835. The van der Waals surface area contributed by atoms with Crippen LogP contribution in [-0.4, -0.2) is 10.1 Å². The zero-order valence-electron chi connectivity index (χ0n) is 9.43. The van der Waals surface area contributed by atoms with Gasteiger partial charge in [-0.2, -0.15) is 0 Å². The van der Waals surface area contributed by atoms with Gasteiger partial charge in [-0.1, -0.05) is 18.2 Å². The number of aromatic nitrogens is 1. The summed E-state index contributed by atoms with van der Waals surface area (Å²) in [5.74, 6) is 0. The van der Waals surface area contributed by atoms with Gasteiger partial charge in [-0.25, -0.2) is 4.98 Å². The summed E-state index contributed by atoms with van der Waals surface area (Å²) in [5.41, 5.74) is 2.04. The van der Waals surface area contributed by atoms with Gasteiger partial charge in [0.15, 0.2) is 5.11 Å². The predicted molar refractivity (Wildman–Crippen MR) is 76.4 cm³/mol. The highest BCUT2D eigenvalue weighted by atomic mass is 32.1. The molecular weight excluding hydrogens is 250 g/mol. The van der Waals surface area contributed by atoms with E-state index in [2.05, 4.69) is 15.6 Å². The van der Waals surface area contributed by atoms with E-state index in [1.165, 1.54) is 0 Å². The van der Waals surface area contributed by atoms with Gasteiger partial charge in [0.25, 0.3) is 0 Å². The molecule has 2 N–H and O–H groups in total. The van der Waals surface area contributed by atoms with Crippen molar-refractivity contribution in [3.05, 3.63) is 46.4 Å². The van der Waals surface area contributed by atoms with Gasteiger partial charge in [0.2, 0.25) is 0 Å². The number of para-hydroxylation sites is 1. The molecule has 0 fully saturated rings. The average Bonchev–Trinajstić information content (AvgIpc) is 2.74. The topological polar surface area (TPSA) is 37.0 Å². The molecule has 5 heteroatoms. The van der Waals surface area contributed by atoms with Crippen molar-refractivity contribution >= 4 is 34.4 Å². The Bertz CT molecular complexity index is 493. The minimum absolute atomic E-state index is 0.615. The second-order valence-corrected chi connectivity index (χ2v) is 4.91. The fourth-order valence-electron chi connectivity index (χ4n) is 1.34. The van der Waals surface area contributed by atoms with Gasteiger partial charge in [-0.05, 0) is 31.3 Å². The van der Waals surface area contributed by atoms with E-state index in [9.17, 15) is 0 Å². The Morgan fingerprint density at radius 2 is 2.12 bits per heavy atom. The largest absolute Gasteiger partial charge is 0.356 e. The molecule has 2 rings (SSSR count). The molecule has 1 aromatic carbocycles. The van der Waals surface area contributed by atoms with Gasteiger partial charge in [-0.15, -0.1) is 11.3 Å². The Kier molecular flexibility index (Phi) is 4.06. The fourth-order valence-corrected chi connectivity index (χ4v) is 2.24. The zero-order chi connectivity index (χ0) is 12.1. The number of hydrogen-bond acceptors (Lipinski definition) is 3. The summed E-state index contributed by atoms with van der Waals surface area (Å²) >= 11 is 6.83. The number of aryl methyl sites for hydroxylation is 1. The van der Waals surface area contributed by atoms with Crippen molar-refractivity contribution in [1.82, 2.24) is 10.3 Å². The van der Waals surface area contributed by atoms with Crippen LogP contribution in [0, 0.1) is 6.92 Å². The molecule has 0 aliphatic heterocycles. The molecule has 17 heavy (non-hydrogen) atoms. The summed E-state index contributed by atoms with van der Waals surface area (Å²) in [6.07, 6.45) is 0. The van der Waals surface area contributed by atoms with Crippen molar-refractivity contribution < 1.29 is 0 Å². The van der Waals surface area contributed by atoms with Crippen LogP contribution in [0.1, 0.15) is 10.7 Å². The van der Waals surface area contributed by atoms with Crippen LogP contribution in [0.15, 0.2) is 35.7 Å². The molecular formula is C12H13N3S2. The molecule has 0 radical (unpaired) electrons. The standard InChI is InChI=1S/C12H13N3S2/c1-9-8-17-11(14-9)7-13-12(16)15-10-5-3-2-4-6-10/h2-6,8H,7H2,1H3,(H2,13,15,16). The summed E-state index contributed by atoms with van der Waals surface area (Å²) in [6.45, 7) is 2.65. The first-order valence-electron chi connectivity index (χ1n) is 5.25. The molecule has 0 atom stereocenters. The lowest BCUT2D eigenvalue weighted by Gasteiger charge is -2.08.